The van der Waals surface area contributed by atoms with Gasteiger partial charge in [-0.15, -0.1) is 0 Å². The lowest BCUT2D eigenvalue weighted by Crippen LogP contribution is -1.97. The molecule has 0 saturated carbocycles. The normalized spacial score (nSPS) is 10.4. The molecule has 2 aromatic rings. The first-order valence-corrected chi connectivity index (χ1v) is 5.21. The molecule has 0 aliphatic rings. The van der Waals surface area contributed by atoms with Crippen LogP contribution in [0.15, 0.2) is 24.3 Å². The van der Waals surface area contributed by atoms with Crippen LogP contribution in [0, 0.1) is 5.82 Å². The number of benzene rings is 1. The molecule has 5 heteroatoms. The molecule has 0 bridgehead atoms. The largest absolute Gasteiger partial charge is 0.496 e. The molecule has 1 aromatic heterocycles. The molecule has 1 N–H and O–H groups in total. The van der Waals surface area contributed by atoms with Crippen molar-refractivity contribution in [3.8, 4) is 17.0 Å². The maximum absolute atomic E-state index is 13.3. The fourth-order valence-electron chi connectivity index (χ4n) is 1.72. The van der Waals surface area contributed by atoms with Crippen LogP contribution < -0.4 is 10.1 Å². The number of hydrogen-bond donors (Lipinski definition) is 1. The first kappa shape index (κ1) is 11.4. The first-order valence-electron chi connectivity index (χ1n) is 5.21. The number of aryl methyl sites for hydroxylation is 1. The van der Waals surface area contributed by atoms with Gasteiger partial charge in [0, 0.05) is 25.7 Å². The summed E-state index contributed by atoms with van der Waals surface area (Å²) in [6.07, 6.45) is 0. The van der Waals surface area contributed by atoms with Crippen molar-refractivity contribution in [3.63, 3.8) is 0 Å². The zero-order chi connectivity index (χ0) is 12.4. The number of methoxy groups -OCH3 is 1. The fraction of sp³-hybridized carbons (Fsp3) is 0.250. The number of ether oxygens (including phenoxy) is 1. The maximum atomic E-state index is 13.3. The SMILES string of the molecule is CNc1cc(-c2cc(F)ccc2OC)n(C)n1. The molecule has 0 spiro atoms. The van der Waals surface area contributed by atoms with Gasteiger partial charge in [-0.05, 0) is 18.2 Å². The van der Waals surface area contributed by atoms with Crippen molar-refractivity contribution in [2.45, 2.75) is 0 Å². The van der Waals surface area contributed by atoms with Gasteiger partial charge in [0.1, 0.15) is 17.4 Å². The highest BCUT2D eigenvalue weighted by molar-refractivity contribution is 5.70. The molecule has 1 heterocycles. The van der Waals surface area contributed by atoms with Crippen molar-refractivity contribution >= 4 is 5.82 Å². The Morgan fingerprint density at radius 1 is 1.35 bits per heavy atom. The number of aromatic nitrogens is 2. The Morgan fingerprint density at radius 3 is 2.71 bits per heavy atom. The Labute approximate surface area is 99.0 Å². The van der Waals surface area contributed by atoms with Crippen LogP contribution in [0.1, 0.15) is 0 Å². The van der Waals surface area contributed by atoms with Gasteiger partial charge in [-0.3, -0.25) is 4.68 Å². The number of nitrogens with zero attached hydrogens (tertiary/aromatic N) is 2. The van der Waals surface area contributed by atoms with E-state index in [0.717, 1.165) is 11.5 Å². The molecule has 0 aliphatic heterocycles. The Bertz CT molecular complexity index is 537. The lowest BCUT2D eigenvalue weighted by Gasteiger charge is -2.08. The zero-order valence-electron chi connectivity index (χ0n) is 9.99. The number of anilines is 1. The molecule has 90 valence electrons. The average Bonchev–Trinajstić information content (AvgIpc) is 2.70. The molecule has 4 nitrogen and oxygen atoms in total. The third-order valence-electron chi connectivity index (χ3n) is 2.57. The second-order valence-electron chi connectivity index (χ2n) is 3.63. The van der Waals surface area contributed by atoms with E-state index >= 15 is 0 Å². The van der Waals surface area contributed by atoms with Crippen LogP contribution >= 0.6 is 0 Å². The number of hydrogen-bond acceptors (Lipinski definition) is 3. The van der Waals surface area contributed by atoms with E-state index in [1.165, 1.54) is 12.1 Å². The van der Waals surface area contributed by atoms with Crippen LogP contribution in [0.5, 0.6) is 5.75 Å². The van der Waals surface area contributed by atoms with Gasteiger partial charge in [0.25, 0.3) is 0 Å². The molecule has 0 fully saturated rings. The van der Waals surface area contributed by atoms with Crippen LogP contribution in [0.25, 0.3) is 11.3 Å². The second-order valence-corrected chi connectivity index (χ2v) is 3.63. The van der Waals surface area contributed by atoms with E-state index in [4.69, 9.17) is 4.74 Å². The first-order chi connectivity index (χ1) is 8.15. The van der Waals surface area contributed by atoms with Crippen molar-refractivity contribution in [2.75, 3.05) is 19.5 Å². The van der Waals surface area contributed by atoms with Gasteiger partial charge >= 0.3 is 0 Å². The molecular weight excluding hydrogens is 221 g/mol. The highest BCUT2D eigenvalue weighted by Gasteiger charge is 2.12. The summed E-state index contributed by atoms with van der Waals surface area (Å²) in [4.78, 5) is 0. The fourth-order valence-corrected chi connectivity index (χ4v) is 1.72. The number of rotatable bonds is 3. The van der Waals surface area contributed by atoms with Gasteiger partial charge in [-0.25, -0.2) is 4.39 Å². The van der Waals surface area contributed by atoms with Crippen molar-refractivity contribution < 1.29 is 9.13 Å². The summed E-state index contributed by atoms with van der Waals surface area (Å²) in [5, 5.41) is 7.18. The Balaban J connectivity index is 2.58. The van der Waals surface area contributed by atoms with E-state index in [1.807, 2.05) is 6.07 Å². The van der Waals surface area contributed by atoms with E-state index in [9.17, 15) is 4.39 Å². The van der Waals surface area contributed by atoms with Gasteiger partial charge in [-0.1, -0.05) is 0 Å². The predicted molar refractivity (Wildman–Crippen MR) is 64.7 cm³/mol. The van der Waals surface area contributed by atoms with Gasteiger partial charge in [0.2, 0.25) is 0 Å². The quantitative estimate of drug-likeness (QED) is 0.887. The zero-order valence-corrected chi connectivity index (χ0v) is 9.99. The van der Waals surface area contributed by atoms with Gasteiger partial charge in [-0.2, -0.15) is 5.10 Å². The minimum Gasteiger partial charge on any atom is -0.496 e. The predicted octanol–water partition coefficient (Wildman–Crippen LogP) is 2.28. The van der Waals surface area contributed by atoms with Crippen molar-refractivity contribution in [3.05, 3.63) is 30.1 Å². The maximum Gasteiger partial charge on any atom is 0.148 e. The molecule has 0 saturated heterocycles. The van der Waals surface area contributed by atoms with Crippen LogP contribution in [-0.2, 0) is 7.05 Å². The summed E-state index contributed by atoms with van der Waals surface area (Å²) in [5.74, 6) is 1.05. The smallest absolute Gasteiger partial charge is 0.148 e. The highest BCUT2D eigenvalue weighted by Crippen LogP contribution is 2.31. The summed E-state index contributed by atoms with van der Waals surface area (Å²) >= 11 is 0. The van der Waals surface area contributed by atoms with E-state index in [-0.39, 0.29) is 5.82 Å². The summed E-state index contributed by atoms with van der Waals surface area (Å²) in [5.41, 5.74) is 1.48. The van der Waals surface area contributed by atoms with E-state index in [0.29, 0.717) is 11.3 Å². The standard InChI is InChI=1S/C12H14FN3O/c1-14-12-7-10(16(2)15-12)9-6-8(13)4-5-11(9)17-3/h4-7H,1-3H3,(H,14,15). The van der Waals surface area contributed by atoms with Gasteiger partial charge in [0.05, 0.1) is 12.8 Å². The third kappa shape index (κ3) is 2.08. The topological polar surface area (TPSA) is 39.1 Å². The molecule has 0 unspecified atom stereocenters. The van der Waals surface area contributed by atoms with Gasteiger partial charge in [0.15, 0.2) is 0 Å². The Hall–Kier alpha value is -2.04. The van der Waals surface area contributed by atoms with E-state index in [2.05, 4.69) is 10.4 Å². The summed E-state index contributed by atoms with van der Waals surface area (Å²) < 4.78 is 20.2. The van der Waals surface area contributed by atoms with Crippen LogP contribution in [0.2, 0.25) is 0 Å². The van der Waals surface area contributed by atoms with E-state index < -0.39 is 0 Å². The molecule has 17 heavy (non-hydrogen) atoms. The average molecular weight is 235 g/mol. The summed E-state index contributed by atoms with van der Waals surface area (Å²) in [7, 11) is 5.15. The Morgan fingerprint density at radius 2 is 2.12 bits per heavy atom. The molecule has 0 amide bonds. The molecule has 0 radical (unpaired) electrons. The van der Waals surface area contributed by atoms with Crippen molar-refractivity contribution in [1.82, 2.24) is 9.78 Å². The molecule has 0 aliphatic carbocycles. The minimum atomic E-state index is -0.298. The second kappa shape index (κ2) is 4.45. The minimum absolute atomic E-state index is 0.298. The Kier molecular flexibility index (Phi) is 2.99. The van der Waals surface area contributed by atoms with Gasteiger partial charge < -0.3 is 10.1 Å². The summed E-state index contributed by atoms with van der Waals surface area (Å²) in [6, 6.07) is 6.26. The van der Waals surface area contributed by atoms with E-state index in [1.54, 1.807) is 32.0 Å². The number of halogens is 1. The third-order valence-corrected chi connectivity index (χ3v) is 2.57. The van der Waals surface area contributed by atoms with Crippen LogP contribution in [0.3, 0.4) is 0 Å². The molecule has 2 rings (SSSR count). The number of nitrogens with one attached hydrogen (secondary N) is 1. The summed E-state index contributed by atoms with van der Waals surface area (Å²) in [6.45, 7) is 0. The lowest BCUT2D eigenvalue weighted by atomic mass is 10.1. The molecular formula is C12H14FN3O. The van der Waals surface area contributed by atoms with Crippen molar-refractivity contribution in [2.24, 2.45) is 7.05 Å². The van der Waals surface area contributed by atoms with Crippen molar-refractivity contribution in [1.29, 1.82) is 0 Å². The highest BCUT2D eigenvalue weighted by atomic mass is 19.1. The monoisotopic (exact) mass is 235 g/mol. The van der Waals surface area contributed by atoms with Crippen LogP contribution in [-0.4, -0.2) is 23.9 Å². The van der Waals surface area contributed by atoms with Crippen LogP contribution in [0.4, 0.5) is 10.2 Å². The molecule has 1 aromatic carbocycles. The molecule has 0 atom stereocenters. The lowest BCUT2D eigenvalue weighted by molar-refractivity contribution is 0.415.